The molecule has 3 aliphatic rings. The highest BCUT2D eigenvalue weighted by Crippen LogP contribution is 2.45. The van der Waals surface area contributed by atoms with Crippen molar-refractivity contribution >= 4 is 29.3 Å². The Balaban J connectivity index is 2.08. The van der Waals surface area contributed by atoms with Gasteiger partial charge in [-0.25, -0.2) is 9.59 Å². The minimum absolute atomic E-state index is 0.0125. The van der Waals surface area contributed by atoms with E-state index in [9.17, 15) is 14.4 Å². The molecule has 0 spiro atoms. The Morgan fingerprint density at radius 1 is 1.35 bits per heavy atom. The van der Waals surface area contributed by atoms with Gasteiger partial charge in [-0.15, -0.1) is 11.6 Å². The minimum Gasteiger partial charge on any atom is -0.479 e. The van der Waals surface area contributed by atoms with Crippen molar-refractivity contribution in [2.75, 3.05) is 0 Å². The molecule has 0 unspecified atom stereocenters. The van der Waals surface area contributed by atoms with Crippen LogP contribution < -0.4 is 0 Å². The normalized spacial score (nSPS) is 36.2. The smallest absolute Gasteiger partial charge is 0.334 e. The third kappa shape index (κ3) is 2.78. The molecule has 0 aromatic carbocycles. The summed E-state index contributed by atoms with van der Waals surface area (Å²) in [5, 5.41) is -0.867. The Kier molecular flexibility index (Phi) is 4.35. The van der Waals surface area contributed by atoms with Crippen LogP contribution in [0.15, 0.2) is 48.3 Å². The van der Waals surface area contributed by atoms with Crippen LogP contribution in [0.2, 0.25) is 0 Å². The summed E-state index contributed by atoms with van der Waals surface area (Å²) in [4.78, 5) is 36.7. The zero-order valence-corrected chi connectivity index (χ0v) is 15.3. The number of ketones is 1. The molecule has 0 aromatic heterocycles. The van der Waals surface area contributed by atoms with Crippen molar-refractivity contribution < 1.29 is 28.6 Å². The van der Waals surface area contributed by atoms with Gasteiger partial charge in [0.1, 0.15) is 18.0 Å². The molecule has 2 saturated heterocycles. The summed E-state index contributed by atoms with van der Waals surface area (Å²) in [5.74, 6) is -2.03. The monoisotopic (exact) mass is 378 g/mol. The number of allylic oxidation sites excluding steroid dienone is 1. The Bertz CT molecular complexity index is 794. The van der Waals surface area contributed by atoms with Crippen LogP contribution in [-0.4, -0.2) is 40.9 Å². The van der Waals surface area contributed by atoms with E-state index in [1.54, 1.807) is 6.92 Å². The van der Waals surface area contributed by atoms with Gasteiger partial charge in [-0.1, -0.05) is 19.7 Å². The molecule has 3 aliphatic heterocycles. The number of hydrogen-bond donors (Lipinski definition) is 0. The summed E-state index contributed by atoms with van der Waals surface area (Å²) in [6.45, 7) is 14.3. The predicted molar refractivity (Wildman–Crippen MR) is 93.2 cm³/mol. The molecule has 138 valence electrons. The van der Waals surface area contributed by atoms with Gasteiger partial charge < -0.3 is 14.2 Å². The molecule has 2 bridgehead atoms. The highest BCUT2D eigenvalue weighted by atomic mass is 35.5. The number of carbonyl (C=O) groups is 3. The second-order valence-corrected chi connectivity index (χ2v) is 7.45. The Labute approximate surface area is 156 Å². The van der Waals surface area contributed by atoms with Gasteiger partial charge in [0.2, 0.25) is 5.78 Å². The van der Waals surface area contributed by atoms with E-state index in [2.05, 4.69) is 19.7 Å². The van der Waals surface area contributed by atoms with E-state index in [4.69, 9.17) is 25.8 Å². The maximum Gasteiger partial charge on any atom is 0.334 e. The van der Waals surface area contributed by atoms with E-state index in [0.29, 0.717) is 5.57 Å². The topological polar surface area (TPSA) is 78.9 Å². The van der Waals surface area contributed by atoms with Crippen molar-refractivity contribution in [3.63, 3.8) is 0 Å². The average Bonchev–Trinajstić information content (AvgIpc) is 3.02. The van der Waals surface area contributed by atoms with Gasteiger partial charge in [0.15, 0.2) is 5.60 Å². The van der Waals surface area contributed by atoms with Gasteiger partial charge in [0, 0.05) is 29.2 Å². The van der Waals surface area contributed by atoms with Crippen molar-refractivity contribution in [2.45, 2.75) is 43.5 Å². The number of ether oxygens (including phenoxy) is 3. The molecule has 6 nitrogen and oxygen atoms in total. The average molecular weight is 379 g/mol. The zero-order chi connectivity index (χ0) is 19.4. The summed E-state index contributed by atoms with van der Waals surface area (Å²) in [5.41, 5.74) is -0.619. The molecule has 3 heterocycles. The van der Waals surface area contributed by atoms with Crippen LogP contribution in [0.1, 0.15) is 20.3 Å². The zero-order valence-electron chi connectivity index (χ0n) is 14.5. The fourth-order valence-corrected chi connectivity index (χ4v) is 3.69. The van der Waals surface area contributed by atoms with Crippen molar-refractivity contribution in [3.05, 3.63) is 48.3 Å². The number of rotatable bonds is 2. The Hall–Kier alpha value is -2.34. The highest BCUT2D eigenvalue weighted by Gasteiger charge is 2.55. The molecule has 2 fully saturated rings. The quantitative estimate of drug-likeness (QED) is 0.417. The van der Waals surface area contributed by atoms with Crippen molar-refractivity contribution in [1.29, 1.82) is 0 Å². The SMILES string of the molecule is C=C(C)C(=O)O[C@H]1C[C@@]2(C)OC(=CC2=O)C(=C)[C@@H](Cl)[C@H]2OC(=O)C(=C)[C@@H]21. The van der Waals surface area contributed by atoms with Gasteiger partial charge >= 0.3 is 11.9 Å². The minimum atomic E-state index is -1.27. The molecule has 7 heteroatoms. The van der Waals surface area contributed by atoms with E-state index < -0.39 is 41.0 Å². The first-order chi connectivity index (χ1) is 12.0. The van der Waals surface area contributed by atoms with Crippen LogP contribution in [0.3, 0.4) is 0 Å². The summed E-state index contributed by atoms with van der Waals surface area (Å²) < 4.78 is 16.7. The fourth-order valence-electron chi connectivity index (χ4n) is 3.38. The molecular weight excluding hydrogens is 360 g/mol. The molecule has 0 amide bonds. The van der Waals surface area contributed by atoms with Crippen molar-refractivity contribution in [3.8, 4) is 0 Å². The van der Waals surface area contributed by atoms with E-state index >= 15 is 0 Å². The first-order valence-electron chi connectivity index (χ1n) is 8.10. The van der Waals surface area contributed by atoms with Gasteiger partial charge in [-0.2, -0.15) is 0 Å². The molecule has 0 radical (unpaired) electrons. The lowest BCUT2D eigenvalue weighted by atomic mass is 9.81. The number of fused-ring (bicyclic) bond motifs is 3. The second kappa shape index (κ2) is 6.13. The van der Waals surface area contributed by atoms with Crippen LogP contribution >= 0.6 is 11.6 Å². The Morgan fingerprint density at radius 2 is 2.00 bits per heavy atom. The summed E-state index contributed by atoms with van der Waals surface area (Å²) in [6.07, 6.45) is -0.411. The van der Waals surface area contributed by atoms with E-state index in [1.807, 2.05) is 0 Å². The fraction of sp³-hybridized carbons (Fsp3) is 0.421. The third-order valence-electron chi connectivity index (χ3n) is 4.92. The molecule has 0 saturated carbocycles. The maximum atomic E-state index is 12.5. The third-order valence-corrected chi connectivity index (χ3v) is 5.43. The lowest BCUT2D eigenvalue weighted by molar-refractivity contribution is -0.153. The molecule has 26 heavy (non-hydrogen) atoms. The molecule has 0 N–H and O–H groups in total. The first kappa shape index (κ1) is 18.5. The Morgan fingerprint density at radius 3 is 2.62 bits per heavy atom. The lowest BCUT2D eigenvalue weighted by Gasteiger charge is -2.32. The number of esters is 2. The van der Waals surface area contributed by atoms with Gasteiger partial charge in [0.25, 0.3) is 0 Å². The van der Waals surface area contributed by atoms with Gasteiger partial charge in [-0.05, 0) is 13.8 Å². The largest absolute Gasteiger partial charge is 0.479 e. The molecule has 5 atom stereocenters. The van der Waals surface area contributed by atoms with E-state index in [1.165, 1.54) is 13.0 Å². The van der Waals surface area contributed by atoms with E-state index in [0.717, 1.165) is 0 Å². The highest BCUT2D eigenvalue weighted by molar-refractivity contribution is 6.23. The van der Waals surface area contributed by atoms with Crippen LogP contribution in [-0.2, 0) is 28.6 Å². The van der Waals surface area contributed by atoms with Crippen LogP contribution in [0, 0.1) is 5.92 Å². The van der Waals surface area contributed by atoms with Crippen LogP contribution in [0.5, 0.6) is 0 Å². The summed E-state index contributed by atoms with van der Waals surface area (Å²) in [7, 11) is 0. The van der Waals surface area contributed by atoms with Gasteiger partial charge in [0.05, 0.1) is 11.3 Å². The van der Waals surface area contributed by atoms with Crippen molar-refractivity contribution in [1.82, 2.24) is 0 Å². The number of carbonyl (C=O) groups excluding carboxylic acids is 3. The number of halogens is 1. The maximum absolute atomic E-state index is 12.5. The van der Waals surface area contributed by atoms with Crippen LogP contribution in [0.4, 0.5) is 0 Å². The van der Waals surface area contributed by atoms with E-state index in [-0.39, 0.29) is 29.1 Å². The molecule has 0 aliphatic carbocycles. The molecule has 3 rings (SSSR count). The first-order valence-corrected chi connectivity index (χ1v) is 8.53. The lowest BCUT2D eigenvalue weighted by Crippen LogP contribution is -2.44. The standard InChI is InChI=1S/C19H19ClO6/c1-8(2)17(22)24-12-7-19(5)13(21)6-11(26-19)9(3)15(20)16-14(12)10(4)18(23)25-16/h6,12,14-16H,1,3-4,7H2,2,5H3/t12-,14+,15+,16-,19+/m0/s1. The summed E-state index contributed by atoms with van der Waals surface area (Å²) in [6, 6.07) is 0. The second-order valence-electron chi connectivity index (χ2n) is 6.98. The molecule has 0 aromatic rings. The predicted octanol–water partition coefficient (Wildman–Crippen LogP) is 2.38. The number of hydrogen-bond acceptors (Lipinski definition) is 6. The van der Waals surface area contributed by atoms with Crippen molar-refractivity contribution in [2.24, 2.45) is 5.92 Å². The number of alkyl halides is 1. The van der Waals surface area contributed by atoms with Crippen LogP contribution in [0.25, 0.3) is 0 Å². The van der Waals surface area contributed by atoms with Gasteiger partial charge in [-0.3, -0.25) is 4.79 Å². The molecular formula is C19H19ClO6. The summed E-state index contributed by atoms with van der Waals surface area (Å²) >= 11 is 6.49.